The highest BCUT2D eigenvalue weighted by Gasteiger charge is 2.33. The Labute approximate surface area is 207 Å². The third-order valence-corrected chi connectivity index (χ3v) is 7.19. The molecule has 1 aliphatic heterocycles. The number of rotatable bonds is 7. The van der Waals surface area contributed by atoms with Crippen molar-refractivity contribution in [1.29, 1.82) is 0 Å². The first kappa shape index (κ1) is 21.7. The van der Waals surface area contributed by atoms with Gasteiger partial charge in [0.25, 0.3) is 0 Å². The van der Waals surface area contributed by atoms with Crippen LogP contribution in [0, 0.1) is 0 Å². The number of H-pyrrole nitrogens is 1. The number of nitrogens with zero attached hydrogens (tertiary/aromatic N) is 2. The van der Waals surface area contributed by atoms with Crippen molar-refractivity contribution in [3.63, 3.8) is 0 Å². The van der Waals surface area contributed by atoms with Gasteiger partial charge in [-0.1, -0.05) is 80.8 Å². The summed E-state index contributed by atoms with van der Waals surface area (Å²) in [6.07, 6.45) is 10.6. The molecule has 174 valence electrons. The van der Waals surface area contributed by atoms with E-state index in [4.69, 9.17) is 4.98 Å². The van der Waals surface area contributed by atoms with Gasteiger partial charge in [0.05, 0.1) is 17.3 Å². The zero-order chi connectivity index (χ0) is 23.6. The predicted octanol–water partition coefficient (Wildman–Crippen LogP) is 8.64. The second-order valence-electron chi connectivity index (χ2n) is 9.50. The maximum atomic E-state index is 5.17. The van der Waals surface area contributed by atoms with E-state index in [0.29, 0.717) is 0 Å². The molecule has 0 amide bonds. The fraction of sp³-hybridized carbons (Fsp3) is 0.219. The Morgan fingerprint density at radius 2 is 1.63 bits per heavy atom. The lowest BCUT2D eigenvalue weighted by molar-refractivity contribution is 0.641. The van der Waals surface area contributed by atoms with E-state index >= 15 is 0 Å². The maximum Gasteiger partial charge on any atom is 0.0883 e. The molecule has 0 spiro atoms. The smallest absolute Gasteiger partial charge is 0.0883 e. The van der Waals surface area contributed by atoms with Gasteiger partial charge in [-0.2, -0.15) is 0 Å². The molecule has 35 heavy (non-hydrogen) atoms. The van der Waals surface area contributed by atoms with Crippen LogP contribution in [0.15, 0.2) is 96.8 Å². The summed E-state index contributed by atoms with van der Waals surface area (Å²) in [5, 5.41) is 2.45. The first-order chi connectivity index (χ1) is 17.3. The Balaban J connectivity index is 1.58. The highest BCUT2D eigenvalue weighted by atomic mass is 15.2. The maximum absolute atomic E-state index is 5.17. The minimum absolute atomic E-state index is 0.0480. The summed E-state index contributed by atoms with van der Waals surface area (Å²) < 4.78 is 0. The van der Waals surface area contributed by atoms with E-state index in [1.165, 1.54) is 64.5 Å². The predicted molar refractivity (Wildman–Crippen MR) is 148 cm³/mol. The second-order valence-corrected chi connectivity index (χ2v) is 9.50. The zero-order valence-corrected chi connectivity index (χ0v) is 20.2. The monoisotopic (exact) mass is 457 g/mol. The first-order valence-corrected chi connectivity index (χ1v) is 12.8. The molecule has 0 bridgehead atoms. The van der Waals surface area contributed by atoms with Crippen molar-refractivity contribution in [3.05, 3.63) is 114 Å². The third-order valence-electron chi connectivity index (χ3n) is 7.19. The first-order valence-electron chi connectivity index (χ1n) is 12.8. The molecule has 3 heterocycles. The number of anilines is 1. The minimum atomic E-state index is 0.0480. The molecule has 3 aromatic carbocycles. The lowest BCUT2D eigenvalue weighted by Gasteiger charge is -2.39. The van der Waals surface area contributed by atoms with Crippen LogP contribution in [0.3, 0.4) is 0 Å². The van der Waals surface area contributed by atoms with E-state index in [2.05, 4.69) is 114 Å². The average molecular weight is 458 g/mol. The molecule has 1 atom stereocenters. The molecule has 1 N–H and O–H groups in total. The fourth-order valence-electron chi connectivity index (χ4n) is 5.47. The number of hydrogen-bond donors (Lipinski definition) is 1. The van der Waals surface area contributed by atoms with Crippen molar-refractivity contribution in [1.82, 2.24) is 9.97 Å². The number of nitrogens with one attached hydrogen (secondary N) is 1. The standard InChI is InChI=1S/C32H31N3/c1-2-3-4-6-16-25-21-31-27(20-23-13-9-11-18-29(23)34-31)32(35(25)24-14-7-5-8-15-24)28-22-33-30-19-12-10-17-26(28)30/h5,7-15,17-22,32-33H,2-4,6,16H2,1H3. The summed E-state index contributed by atoms with van der Waals surface area (Å²) in [4.78, 5) is 11.3. The van der Waals surface area contributed by atoms with Crippen molar-refractivity contribution in [3.8, 4) is 0 Å². The number of para-hydroxylation sites is 3. The average Bonchev–Trinajstić information content (AvgIpc) is 3.33. The molecule has 0 aliphatic carbocycles. The van der Waals surface area contributed by atoms with Gasteiger partial charge in [0.2, 0.25) is 0 Å². The Hall–Kier alpha value is -3.85. The van der Waals surface area contributed by atoms with Gasteiger partial charge in [-0.05, 0) is 49.2 Å². The van der Waals surface area contributed by atoms with Gasteiger partial charge in [-0.15, -0.1) is 0 Å². The summed E-state index contributed by atoms with van der Waals surface area (Å²) in [7, 11) is 0. The number of allylic oxidation sites excluding steroid dienone is 1. The molecular weight excluding hydrogens is 426 g/mol. The largest absolute Gasteiger partial charge is 0.361 e. The topological polar surface area (TPSA) is 31.9 Å². The van der Waals surface area contributed by atoms with Crippen molar-refractivity contribution >= 4 is 33.6 Å². The molecule has 0 saturated carbocycles. The van der Waals surface area contributed by atoms with Crippen LogP contribution in [0.4, 0.5) is 5.69 Å². The van der Waals surface area contributed by atoms with E-state index in [9.17, 15) is 0 Å². The fourth-order valence-corrected chi connectivity index (χ4v) is 5.47. The van der Waals surface area contributed by atoms with Crippen LogP contribution in [-0.2, 0) is 0 Å². The molecule has 5 aromatic rings. The lowest BCUT2D eigenvalue weighted by atomic mass is 9.89. The number of aromatic nitrogens is 2. The summed E-state index contributed by atoms with van der Waals surface area (Å²) in [5.74, 6) is 0. The number of benzene rings is 3. The molecular formula is C32H31N3. The van der Waals surface area contributed by atoms with Crippen LogP contribution in [0.25, 0.3) is 27.9 Å². The molecule has 0 fully saturated rings. The summed E-state index contributed by atoms with van der Waals surface area (Å²) in [6, 6.07) is 30.4. The Morgan fingerprint density at radius 1 is 0.829 bits per heavy atom. The van der Waals surface area contributed by atoms with E-state index in [1.807, 2.05) is 0 Å². The van der Waals surface area contributed by atoms with Gasteiger partial charge < -0.3 is 9.88 Å². The van der Waals surface area contributed by atoms with Crippen LogP contribution in [-0.4, -0.2) is 9.97 Å². The van der Waals surface area contributed by atoms with Gasteiger partial charge in [-0.25, -0.2) is 4.98 Å². The SMILES string of the molecule is CCCCCCC1=Cc2nc3ccccc3cc2C(c2c[nH]c3ccccc23)N1c1ccccc1. The van der Waals surface area contributed by atoms with Gasteiger partial charge in [0, 0.05) is 45.0 Å². The lowest BCUT2D eigenvalue weighted by Crippen LogP contribution is -2.32. The summed E-state index contributed by atoms with van der Waals surface area (Å²) >= 11 is 0. The molecule has 3 heteroatoms. The molecule has 6 rings (SSSR count). The molecule has 0 radical (unpaired) electrons. The molecule has 1 unspecified atom stereocenters. The van der Waals surface area contributed by atoms with Crippen LogP contribution >= 0.6 is 0 Å². The van der Waals surface area contributed by atoms with E-state index in [1.54, 1.807) is 0 Å². The van der Waals surface area contributed by atoms with Gasteiger partial charge in [0.1, 0.15) is 0 Å². The molecule has 1 aliphatic rings. The quantitative estimate of drug-likeness (QED) is 0.248. The van der Waals surface area contributed by atoms with E-state index < -0.39 is 0 Å². The van der Waals surface area contributed by atoms with E-state index in [0.717, 1.165) is 17.6 Å². The number of unbranched alkanes of at least 4 members (excludes halogenated alkanes) is 3. The van der Waals surface area contributed by atoms with E-state index in [-0.39, 0.29) is 6.04 Å². The highest BCUT2D eigenvalue weighted by Crippen LogP contribution is 2.45. The van der Waals surface area contributed by atoms with Crippen LogP contribution in [0.2, 0.25) is 0 Å². The van der Waals surface area contributed by atoms with Crippen molar-refractivity contribution in [2.24, 2.45) is 0 Å². The molecule has 3 nitrogen and oxygen atoms in total. The summed E-state index contributed by atoms with van der Waals surface area (Å²) in [6.45, 7) is 2.27. The van der Waals surface area contributed by atoms with Crippen LogP contribution in [0.1, 0.15) is 61.9 Å². The van der Waals surface area contributed by atoms with Gasteiger partial charge >= 0.3 is 0 Å². The van der Waals surface area contributed by atoms with Crippen LogP contribution in [0.5, 0.6) is 0 Å². The Morgan fingerprint density at radius 3 is 2.51 bits per heavy atom. The van der Waals surface area contributed by atoms with Crippen molar-refractivity contribution < 1.29 is 0 Å². The van der Waals surface area contributed by atoms with Gasteiger partial charge in [0.15, 0.2) is 0 Å². The normalized spacial score (nSPS) is 15.4. The van der Waals surface area contributed by atoms with Crippen molar-refractivity contribution in [2.75, 3.05) is 4.90 Å². The number of aromatic amines is 1. The second kappa shape index (κ2) is 9.42. The molecule has 2 aromatic heterocycles. The third kappa shape index (κ3) is 4.01. The molecule has 0 saturated heterocycles. The van der Waals surface area contributed by atoms with Crippen LogP contribution < -0.4 is 4.90 Å². The number of pyridine rings is 1. The Kier molecular flexibility index (Phi) is 5.83. The number of hydrogen-bond acceptors (Lipinski definition) is 2. The summed E-state index contributed by atoms with van der Waals surface area (Å²) in [5.41, 5.74) is 8.44. The highest BCUT2D eigenvalue weighted by molar-refractivity contribution is 5.88. The van der Waals surface area contributed by atoms with Crippen molar-refractivity contribution in [2.45, 2.75) is 45.1 Å². The number of fused-ring (bicyclic) bond motifs is 3. The van der Waals surface area contributed by atoms with Gasteiger partial charge in [-0.3, -0.25) is 0 Å². The minimum Gasteiger partial charge on any atom is -0.361 e. The zero-order valence-electron chi connectivity index (χ0n) is 20.2. The Bertz CT molecular complexity index is 1500.